The zero-order chi connectivity index (χ0) is 14.9. The van der Waals surface area contributed by atoms with Gasteiger partial charge in [-0.25, -0.2) is 8.78 Å². The summed E-state index contributed by atoms with van der Waals surface area (Å²) in [7, 11) is 1.72. The largest absolute Gasteiger partial charge is 0.309 e. The van der Waals surface area contributed by atoms with E-state index in [0.29, 0.717) is 11.1 Å². The molecule has 0 aromatic heterocycles. The van der Waals surface area contributed by atoms with E-state index in [2.05, 4.69) is 37.2 Å². The number of halogens is 4. The molecule has 0 spiro atoms. The molecule has 0 amide bonds. The molecule has 0 radical (unpaired) electrons. The standard InChI is InChI=1S/C15H13Br2F2N/c1-8-3-5-11(14(19)13(8)18)15(20-2)10-6-4-9(16)7-12(10)17/h3-7,15,20H,1-2H3. The number of benzene rings is 2. The first-order chi connectivity index (χ1) is 9.45. The van der Waals surface area contributed by atoms with E-state index in [1.165, 1.54) is 0 Å². The van der Waals surface area contributed by atoms with E-state index in [4.69, 9.17) is 0 Å². The summed E-state index contributed by atoms with van der Waals surface area (Å²) in [6.07, 6.45) is 0. The Balaban J connectivity index is 2.55. The molecule has 0 aliphatic rings. The molecule has 0 aliphatic heterocycles. The second kappa shape index (κ2) is 6.33. The first kappa shape index (κ1) is 15.6. The average Bonchev–Trinajstić information content (AvgIpc) is 2.41. The molecular formula is C15H13Br2F2N. The predicted molar refractivity (Wildman–Crippen MR) is 83.8 cm³/mol. The monoisotopic (exact) mass is 403 g/mol. The maximum Gasteiger partial charge on any atom is 0.164 e. The maximum atomic E-state index is 14.2. The minimum atomic E-state index is -0.806. The highest BCUT2D eigenvalue weighted by Crippen LogP contribution is 2.32. The summed E-state index contributed by atoms with van der Waals surface area (Å²) >= 11 is 6.83. The molecule has 0 saturated carbocycles. The summed E-state index contributed by atoms with van der Waals surface area (Å²) in [5.41, 5.74) is 1.44. The fourth-order valence-corrected chi connectivity index (χ4v) is 3.37. The Bertz CT molecular complexity index is 644. The van der Waals surface area contributed by atoms with Gasteiger partial charge in [-0.1, -0.05) is 50.1 Å². The minimum Gasteiger partial charge on any atom is -0.309 e. The van der Waals surface area contributed by atoms with Gasteiger partial charge in [0.15, 0.2) is 11.6 Å². The molecule has 106 valence electrons. The number of hydrogen-bond donors (Lipinski definition) is 1. The highest BCUT2D eigenvalue weighted by Gasteiger charge is 2.21. The van der Waals surface area contributed by atoms with Crippen molar-refractivity contribution >= 4 is 31.9 Å². The second-order valence-corrected chi connectivity index (χ2v) is 6.26. The number of hydrogen-bond acceptors (Lipinski definition) is 1. The van der Waals surface area contributed by atoms with Gasteiger partial charge in [0.2, 0.25) is 0 Å². The summed E-state index contributed by atoms with van der Waals surface area (Å²) in [6, 6.07) is 8.39. The highest BCUT2D eigenvalue weighted by molar-refractivity contribution is 9.11. The van der Waals surface area contributed by atoms with Gasteiger partial charge in [0.25, 0.3) is 0 Å². The van der Waals surface area contributed by atoms with Crippen LogP contribution in [0.2, 0.25) is 0 Å². The molecule has 0 heterocycles. The first-order valence-electron chi connectivity index (χ1n) is 6.02. The van der Waals surface area contributed by atoms with Crippen molar-refractivity contribution < 1.29 is 8.78 Å². The first-order valence-corrected chi connectivity index (χ1v) is 7.61. The normalized spacial score (nSPS) is 12.5. The molecular weight excluding hydrogens is 392 g/mol. The van der Waals surface area contributed by atoms with Crippen molar-refractivity contribution in [2.24, 2.45) is 0 Å². The van der Waals surface area contributed by atoms with Gasteiger partial charge >= 0.3 is 0 Å². The average molecular weight is 405 g/mol. The summed E-state index contributed by atoms with van der Waals surface area (Å²) in [5, 5.41) is 3.03. The van der Waals surface area contributed by atoms with Crippen molar-refractivity contribution in [1.29, 1.82) is 0 Å². The Morgan fingerprint density at radius 1 is 1.00 bits per heavy atom. The molecule has 0 aliphatic carbocycles. The molecule has 0 saturated heterocycles. The lowest BCUT2D eigenvalue weighted by molar-refractivity contribution is 0.482. The van der Waals surface area contributed by atoms with E-state index in [-0.39, 0.29) is 0 Å². The van der Waals surface area contributed by atoms with Gasteiger partial charge < -0.3 is 5.32 Å². The molecule has 0 bridgehead atoms. The van der Waals surface area contributed by atoms with Crippen molar-refractivity contribution in [1.82, 2.24) is 5.32 Å². The quantitative estimate of drug-likeness (QED) is 0.749. The number of nitrogens with one attached hydrogen (secondary N) is 1. The van der Waals surface area contributed by atoms with Gasteiger partial charge in [0.1, 0.15) is 0 Å². The van der Waals surface area contributed by atoms with E-state index in [9.17, 15) is 8.78 Å². The van der Waals surface area contributed by atoms with Crippen LogP contribution in [0.1, 0.15) is 22.7 Å². The van der Waals surface area contributed by atoms with Crippen LogP contribution in [-0.4, -0.2) is 7.05 Å². The molecule has 1 atom stereocenters. The van der Waals surface area contributed by atoms with Crippen LogP contribution in [0.4, 0.5) is 8.78 Å². The lowest BCUT2D eigenvalue weighted by Gasteiger charge is -2.20. The topological polar surface area (TPSA) is 12.0 Å². The van der Waals surface area contributed by atoms with Gasteiger partial charge in [-0.3, -0.25) is 0 Å². The lowest BCUT2D eigenvalue weighted by atomic mass is 9.97. The van der Waals surface area contributed by atoms with Crippen LogP contribution in [0.25, 0.3) is 0 Å². The van der Waals surface area contributed by atoms with Crippen LogP contribution >= 0.6 is 31.9 Å². The van der Waals surface area contributed by atoms with Crippen LogP contribution < -0.4 is 5.32 Å². The Hall–Kier alpha value is -0.780. The Kier molecular flexibility index (Phi) is 4.94. The van der Waals surface area contributed by atoms with E-state index in [0.717, 1.165) is 14.5 Å². The van der Waals surface area contributed by atoms with Gasteiger partial charge in [-0.2, -0.15) is 0 Å². The van der Waals surface area contributed by atoms with Crippen LogP contribution in [-0.2, 0) is 0 Å². The van der Waals surface area contributed by atoms with Crippen LogP contribution in [0.5, 0.6) is 0 Å². The van der Waals surface area contributed by atoms with Crippen molar-refractivity contribution in [2.45, 2.75) is 13.0 Å². The summed E-state index contributed by atoms with van der Waals surface area (Å²) in [4.78, 5) is 0. The third kappa shape index (κ3) is 2.95. The Morgan fingerprint density at radius 2 is 1.65 bits per heavy atom. The van der Waals surface area contributed by atoms with Gasteiger partial charge in [-0.15, -0.1) is 0 Å². The fraction of sp³-hybridized carbons (Fsp3) is 0.200. The SMILES string of the molecule is CNC(c1ccc(Br)cc1Br)c1ccc(C)c(F)c1F. The molecule has 0 fully saturated rings. The van der Waals surface area contributed by atoms with Gasteiger partial charge in [-0.05, 0) is 37.2 Å². The van der Waals surface area contributed by atoms with Gasteiger partial charge in [0.05, 0.1) is 6.04 Å². The fourth-order valence-electron chi connectivity index (χ4n) is 2.10. The third-order valence-electron chi connectivity index (χ3n) is 3.18. The summed E-state index contributed by atoms with van der Waals surface area (Å²) in [6.45, 7) is 1.55. The van der Waals surface area contributed by atoms with Crippen LogP contribution in [0.15, 0.2) is 39.3 Å². The molecule has 1 nitrogen and oxygen atoms in total. The molecule has 2 aromatic rings. The summed E-state index contributed by atoms with van der Waals surface area (Å²) in [5.74, 6) is -1.60. The predicted octanol–water partition coefficient (Wildman–Crippen LogP) is 5.11. The maximum absolute atomic E-state index is 14.2. The molecule has 2 aromatic carbocycles. The zero-order valence-electron chi connectivity index (χ0n) is 11.0. The third-order valence-corrected chi connectivity index (χ3v) is 4.36. The van der Waals surface area contributed by atoms with E-state index >= 15 is 0 Å². The van der Waals surface area contributed by atoms with Crippen molar-refractivity contribution in [3.8, 4) is 0 Å². The van der Waals surface area contributed by atoms with Crippen molar-refractivity contribution in [3.63, 3.8) is 0 Å². The number of aryl methyl sites for hydroxylation is 1. The molecule has 1 unspecified atom stereocenters. The molecule has 2 rings (SSSR count). The Morgan fingerprint density at radius 3 is 2.25 bits per heavy atom. The minimum absolute atomic E-state index is 0.290. The van der Waals surface area contributed by atoms with E-state index in [1.807, 2.05) is 18.2 Å². The van der Waals surface area contributed by atoms with Crippen molar-refractivity contribution in [3.05, 3.63) is 67.6 Å². The summed E-state index contributed by atoms with van der Waals surface area (Å²) < 4.78 is 29.6. The van der Waals surface area contributed by atoms with E-state index < -0.39 is 17.7 Å². The smallest absolute Gasteiger partial charge is 0.164 e. The second-order valence-electron chi connectivity index (χ2n) is 4.49. The molecule has 20 heavy (non-hydrogen) atoms. The van der Waals surface area contributed by atoms with E-state index in [1.54, 1.807) is 26.1 Å². The van der Waals surface area contributed by atoms with Crippen LogP contribution in [0, 0.1) is 18.6 Å². The van der Waals surface area contributed by atoms with Gasteiger partial charge in [0, 0.05) is 14.5 Å². The highest BCUT2D eigenvalue weighted by atomic mass is 79.9. The van der Waals surface area contributed by atoms with Crippen molar-refractivity contribution in [2.75, 3.05) is 7.05 Å². The zero-order valence-corrected chi connectivity index (χ0v) is 14.1. The van der Waals surface area contributed by atoms with Crippen LogP contribution in [0.3, 0.4) is 0 Å². The molecule has 5 heteroatoms. The Labute approximate surface area is 133 Å². The molecule has 1 N–H and O–H groups in total. The lowest BCUT2D eigenvalue weighted by Crippen LogP contribution is -2.20. The number of rotatable bonds is 3.